The minimum atomic E-state index is -0.407. The van der Waals surface area contributed by atoms with Crippen molar-refractivity contribution in [2.45, 2.75) is 143 Å². The smallest absolute Gasteiger partial charge is 0.327 e. The lowest BCUT2D eigenvalue weighted by Gasteiger charge is -2.21. The van der Waals surface area contributed by atoms with Gasteiger partial charge < -0.3 is 33.2 Å². The van der Waals surface area contributed by atoms with Crippen LogP contribution in [0.25, 0.3) is 111 Å². The van der Waals surface area contributed by atoms with Gasteiger partial charge in [-0.05, 0) is 142 Å². The number of rotatable bonds is 25. The number of fused-ring (bicyclic) bond motifs is 5. The number of aromatic nitrogens is 10. The van der Waals surface area contributed by atoms with Crippen LogP contribution in [-0.4, -0.2) is 128 Å². The molecule has 5 aromatic heterocycles. The number of benzene rings is 10. The van der Waals surface area contributed by atoms with Gasteiger partial charge in [-0.1, -0.05) is 215 Å². The van der Waals surface area contributed by atoms with Gasteiger partial charge in [0.1, 0.15) is 90.1 Å². The highest BCUT2D eigenvalue weighted by molar-refractivity contribution is 5.99. The van der Waals surface area contributed by atoms with Crippen molar-refractivity contribution in [1.29, 1.82) is 5.26 Å². The Morgan fingerprint density at radius 1 is 0.359 bits per heavy atom. The number of hydrogen-bond acceptors (Lipinski definition) is 18. The quantitative estimate of drug-likeness (QED) is 0.0292. The van der Waals surface area contributed by atoms with Crippen LogP contribution in [0.3, 0.4) is 0 Å². The number of para-hydroxylation sites is 5. The molecule has 0 amide bonds. The van der Waals surface area contributed by atoms with E-state index in [1.165, 1.54) is 131 Å². The van der Waals surface area contributed by atoms with E-state index in [4.69, 9.17) is 33.2 Å². The van der Waals surface area contributed by atoms with E-state index in [0.29, 0.717) is 69.7 Å². The van der Waals surface area contributed by atoms with Gasteiger partial charge in [0.05, 0.1) is 88.0 Å². The molecule has 26 heteroatoms. The topological polar surface area (TPSA) is 263 Å². The zero-order valence-electron chi connectivity index (χ0n) is 73.2. The molecule has 5 heterocycles. The molecule has 0 bridgehead atoms. The zero-order valence-corrected chi connectivity index (χ0v) is 73.2. The summed E-state index contributed by atoms with van der Waals surface area (Å²) in [6.07, 6.45) is 17.9. The first-order chi connectivity index (χ1) is 62.3. The lowest BCUT2D eigenvalue weighted by molar-refractivity contribution is -0.142. The molecular weight excluding hydrogens is 1630 g/mol. The number of carbonyl (C=O) groups is 5. The van der Waals surface area contributed by atoms with Gasteiger partial charge in [0.15, 0.2) is 0 Å². The van der Waals surface area contributed by atoms with E-state index in [9.17, 15) is 42.4 Å². The molecule has 0 unspecified atom stereocenters. The second kappa shape index (κ2) is 44.1. The second-order valence-electron chi connectivity index (χ2n) is 31.7. The van der Waals surface area contributed by atoms with Crippen LogP contribution in [-0.2, 0) is 80.4 Å². The second-order valence-corrected chi connectivity index (χ2v) is 31.7. The molecule has 0 N–H and O–H groups in total. The van der Waals surface area contributed by atoms with E-state index in [1.54, 1.807) is 65.9 Å². The standard InChI is InChI=1S/C26H31FN2O3.C25H29FN2O3.C18H17FN2O2.C17H13N3O2.C16H14N2O2/c1-18-8-6-12-21-25(28-29(26(18)21)17-24(30)31-2)22-16-20(13-14-23(22)27)32-15-7-11-19-9-4-3-5-10-19;1-30-24(29)17-28-23-12-6-5-11-20(23)25(27-28)21-16-19(13-14-22(21)26)31-15-7-10-18-8-3-2-4-9-18;1-11-7-8-15(19)14(9-11)17-13-6-4-5-12(2)18(13)21(20-17)10-16(22)23-3;1-22-16(21)11-20-15-9-5-4-8-14(15)17(19-20)13-7-3-2-6-12(13)10-18;1-20-15(19)11-18-14-10-6-5-9-13(14)16(17-18)12-7-3-2-4-8-12/h6,8,12-14,16,19H,3-5,7,9-11,15,17H2,1-2H3;5-6,11-14,16,18H,2-4,7-10,15,17H2,1H3;4-9H,10H2,1-3H3;2-9H,11H2,1H3;2-10H,11H2,1H3. The van der Waals surface area contributed by atoms with Crippen molar-refractivity contribution >= 4 is 84.4 Å². The summed E-state index contributed by atoms with van der Waals surface area (Å²) < 4.78 is 87.5. The fourth-order valence-corrected chi connectivity index (χ4v) is 16.6. The molecular formula is C102H104F3N11O12. The highest BCUT2D eigenvalue weighted by Gasteiger charge is 2.25. The molecule has 660 valence electrons. The van der Waals surface area contributed by atoms with Crippen LogP contribution >= 0.6 is 0 Å². The molecule has 2 aliphatic rings. The van der Waals surface area contributed by atoms with Crippen LogP contribution in [0.5, 0.6) is 11.5 Å². The molecule has 10 aromatic carbocycles. The van der Waals surface area contributed by atoms with Crippen LogP contribution in [0.15, 0.2) is 218 Å². The summed E-state index contributed by atoms with van der Waals surface area (Å²) in [5, 5.41) is 36.3. The third-order valence-corrected chi connectivity index (χ3v) is 23.1. The summed E-state index contributed by atoms with van der Waals surface area (Å²) in [5.41, 5.74) is 13.6. The largest absolute Gasteiger partial charge is 0.494 e. The Morgan fingerprint density at radius 2 is 0.695 bits per heavy atom. The van der Waals surface area contributed by atoms with Crippen molar-refractivity contribution in [2.75, 3.05) is 48.8 Å². The van der Waals surface area contributed by atoms with Crippen molar-refractivity contribution < 1.29 is 70.3 Å². The number of ether oxygens (including phenoxy) is 7. The molecule has 17 rings (SSSR count). The van der Waals surface area contributed by atoms with Crippen molar-refractivity contribution in [3.63, 3.8) is 0 Å². The van der Waals surface area contributed by atoms with Crippen molar-refractivity contribution in [2.24, 2.45) is 11.8 Å². The predicted octanol–water partition coefficient (Wildman–Crippen LogP) is 21.1. The Kier molecular flexibility index (Phi) is 31.5. The van der Waals surface area contributed by atoms with Gasteiger partial charge in [0, 0.05) is 54.7 Å². The third-order valence-electron chi connectivity index (χ3n) is 23.1. The average molecular weight is 1730 g/mol. The average Bonchev–Trinajstić information content (AvgIpc) is 1.63. The molecule has 0 spiro atoms. The molecule has 2 aliphatic carbocycles. The van der Waals surface area contributed by atoms with Crippen LogP contribution in [0, 0.1) is 61.4 Å². The van der Waals surface area contributed by atoms with E-state index >= 15 is 0 Å². The minimum Gasteiger partial charge on any atom is -0.494 e. The monoisotopic (exact) mass is 1730 g/mol. The summed E-state index contributed by atoms with van der Waals surface area (Å²) in [4.78, 5) is 58.4. The van der Waals surface area contributed by atoms with Gasteiger partial charge in [0.2, 0.25) is 0 Å². The predicted molar refractivity (Wildman–Crippen MR) is 487 cm³/mol. The SMILES string of the molecule is COC(=O)Cn1nc(-c2cc(C)ccc2F)c2cccc(C)c21.COC(=O)Cn1nc(-c2cc(OCCCC3CCCCC3)ccc2F)c2cccc(C)c21.COC(=O)Cn1nc(-c2cc(OCCCC3CCCCC3)ccc2F)c2ccccc21.COC(=O)Cn1nc(-c2ccccc2)c2ccccc21.COC(=O)Cn1nc(-c2ccccc2C#N)c2ccccc21. The number of halogens is 3. The molecule has 0 atom stereocenters. The Hall–Kier alpha value is -14.2. The molecule has 15 aromatic rings. The number of aryl methyl sites for hydroxylation is 3. The maximum atomic E-state index is 14.9. The van der Waals surface area contributed by atoms with Crippen LogP contribution in [0.2, 0.25) is 0 Å². The fraction of sp³-hybridized carbons (Fsp3) is 0.304. The summed E-state index contributed by atoms with van der Waals surface area (Å²) in [6.45, 7) is 7.12. The molecule has 128 heavy (non-hydrogen) atoms. The number of methoxy groups -OCH3 is 5. The number of nitrogens with zero attached hydrogens (tertiary/aromatic N) is 11. The summed E-state index contributed by atoms with van der Waals surface area (Å²) >= 11 is 0. The fourth-order valence-electron chi connectivity index (χ4n) is 16.6. The van der Waals surface area contributed by atoms with Gasteiger partial charge in [0.25, 0.3) is 0 Å². The molecule has 23 nitrogen and oxygen atoms in total. The van der Waals surface area contributed by atoms with Gasteiger partial charge in [-0.3, -0.25) is 47.4 Å². The van der Waals surface area contributed by atoms with Gasteiger partial charge >= 0.3 is 29.8 Å². The van der Waals surface area contributed by atoms with Gasteiger partial charge in [-0.25, -0.2) is 13.2 Å². The van der Waals surface area contributed by atoms with Gasteiger partial charge in [-0.2, -0.15) is 30.8 Å². The number of carbonyl (C=O) groups excluding carboxylic acids is 5. The van der Waals surface area contributed by atoms with E-state index in [1.807, 2.05) is 178 Å². The van der Waals surface area contributed by atoms with E-state index in [2.05, 4.69) is 31.6 Å². The van der Waals surface area contributed by atoms with E-state index < -0.39 is 17.9 Å². The zero-order chi connectivity index (χ0) is 90.2. The maximum Gasteiger partial charge on any atom is 0.327 e. The Bertz CT molecular complexity index is 6450. The molecule has 2 fully saturated rings. The normalized spacial score (nSPS) is 12.6. The highest BCUT2D eigenvalue weighted by Crippen LogP contribution is 2.39. The number of nitriles is 1. The van der Waals surface area contributed by atoms with Crippen molar-refractivity contribution in [3.05, 3.63) is 258 Å². The Balaban J connectivity index is 0.000000138. The first kappa shape index (κ1) is 91.5. The van der Waals surface area contributed by atoms with Crippen LogP contribution in [0.4, 0.5) is 13.2 Å². The van der Waals surface area contributed by atoms with E-state index in [0.717, 1.165) is 113 Å². The summed E-state index contributed by atoms with van der Waals surface area (Å²) in [5.74, 6) is -0.0404. The van der Waals surface area contributed by atoms with Crippen molar-refractivity contribution in [3.8, 4) is 73.9 Å². The number of esters is 5. The lowest BCUT2D eigenvalue weighted by Crippen LogP contribution is -2.13. The highest BCUT2D eigenvalue weighted by atomic mass is 19.1. The van der Waals surface area contributed by atoms with Crippen molar-refractivity contribution in [1.82, 2.24) is 48.9 Å². The summed E-state index contributed by atoms with van der Waals surface area (Å²) in [6, 6.07) is 68.4. The van der Waals surface area contributed by atoms with Crippen LogP contribution < -0.4 is 9.47 Å². The minimum absolute atomic E-state index is 0.00864. The van der Waals surface area contributed by atoms with Gasteiger partial charge in [-0.15, -0.1) is 0 Å². The molecule has 0 saturated heterocycles. The molecule has 0 aliphatic heterocycles. The maximum absolute atomic E-state index is 14.9. The number of hydrogen-bond donors (Lipinski definition) is 0. The van der Waals surface area contributed by atoms with Crippen LogP contribution in [0.1, 0.15) is 112 Å². The summed E-state index contributed by atoms with van der Waals surface area (Å²) in [7, 11) is 6.74. The van der Waals surface area contributed by atoms with E-state index in [-0.39, 0.29) is 62.1 Å². The Morgan fingerprint density at radius 3 is 1.12 bits per heavy atom. The third kappa shape index (κ3) is 22.5. The first-order valence-corrected chi connectivity index (χ1v) is 43.1. The Labute approximate surface area is 740 Å². The molecule has 2 saturated carbocycles. The lowest BCUT2D eigenvalue weighted by atomic mass is 9.86. The first-order valence-electron chi connectivity index (χ1n) is 43.1. The molecule has 0 radical (unpaired) electrons.